The van der Waals surface area contributed by atoms with Crippen LogP contribution >= 0.6 is 11.6 Å². The minimum Gasteiger partial charge on any atom is -0.396 e. The number of nitrogens with two attached hydrogens (primary N) is 1. The third-order valence-electron chi connectivity index (χ3n) is 2.41. The Kier molecular flexibility index (Phi) is 3.74. The van der Waals surface area contributed by atoms with Gasteiger partial charge >= 0.3 is 0 Å². The first-order chi connectivity index (χ1) is 9.13. The highest BCUT2D eigenvalue weighted by molar-refractivity contribution is 6.33. The molecule has 0 radical (unpaired) electrons. The minimum atomic E-state index is -0.622. The van der Waals surface area contributed by atoms with E-state index in [0.29, 0.717) is 21.8 Å². The number of halogens is 2. The van der Waals surface area contributed by atoms with E-state index in [2.05, 4.69) is 9.98 Å². The average molecular weight is 275 g/mol. The number of rotatable bonds is 2. The van der Waals surface area contributed by atoms with Gasteiger partial charge in [0.15, 0.2) is 5.82 Å². The highest BCUT2D eigenvalue weighted by Gasteiger charge is 2.06. The number of para-hydroxylation sites is 1. The van der Waals surface area contributed by atoms with Crippen molar-refractivity contribution in [2.75, 3.05) is 5.73 Å². The predicted molar refractivity (Wildman–Crippen MR) is 72.0 cm³/mol. The molecule has 0 unspecified atom stereocenters. The molecule has 2 aromatic rings. The van der Waals surface area contributed by atoms with Gasteiger partial charge in [0.05, 0.1) is 28.2 Å². The van der Waals surface area contributed by atoms with E-state index in [0.717, 1.165) is 6.20 Å². The fourth-order valence-electron chi connectivity index (χ4n) is 1.43. The van der Waals surface area contributed by atoms with Gasteiger partial charge in [0.1, 0.15) is 6.07 Å². The fraction of sp³-hybridized carbons (Fsp3) is 0. The molecule has 94 valence electrons. The second kappa shape index (κ2) is 5.46. The topological polar surface area (TPSA) is 75.1 Å². The molecule has 0 fully saturated rings. The number of aromatic nitrogens is 1. The van der Waals surface area contributed by atoms with Crippen LogP contribution in [0.15, 0.2) is 35.6 Å². The first kappa shape index (κ1) is 13.0. The molecular weight excluding hydrogens is 267 g/mol. The van der Waals surface area contributed by atoms with Gasteiger partial charge < -0.3 is 5.73 Å². The summed E-state index contributed by atoms with van der Waals surface area (Å²) in [5, 5.41) is 9.29. The third kappa shape index (κ3) is 2.69. The van der Waals surface area contributed by atoms with Crippen molar-refractivity contribution < 1.29 is 4.39 Å². The van der Waals surface area contributed by atoms with Crippen molar-refractivity contribution in [2.45, 2.75) is 0 Å². The Bertz CT molecular complexity index is 692. The van der Waals surface area contributed by atoms with E-state index in [1.54, 1.807) is 18.2 Å². The SMILES string of the molecule is N#Cc1cccc(Cl)c1N=Cc1cncc(F)c1N. The summed E-state index contributed by atoms with van der Waals surface area (Å²) in [6.45, 7) is 0. The number of nitrogens with zero attached hydrogens (tertiary/aromatic N) is 3. The van der Waals surface area contributed by atoms with Crippen molar-refractivity contribution in [3.63, 3.8) is 0 Å². The monoisotopic (exact) mass is 274 g/mol. The number of pyridine rings is 1. The van der Waals surface area contributed by atoms with Crippen LogP contribution in [-0.4, -0.2) is 11.2 Å². The van der Waals surface area contributed by atoms with Crippen LogP contribution in [0.3, 0.4) is 0 Å². The summed E-state index contributed by atoms with van der Waals surface area (Å²) in [6.07, 6.45) is 3.72. The molecule has 1 heterocycles. The molecule has 1 aromatic heterocycles. The van der Waals surface area contributed by atoms with E-state index >= 15 is 0 Å². The molecule has 0 aliphatic rings. The first-order valence-corrected chi connectivity index (χ1v) is 5.63. The number of anilines is 1. The van der Waals surface area contributed by atoms with E-state index < -0.39 is 5.82 Å². The number of nitriles is 1. The molecule has 0 amide bonds. The third-order valence-corrected chi connectivity index (χ3v) is 2.71. The van der Waals surface area contributed by atoms with Crippen LogP contribution in [0.4, 0.5) is 15.8 Å². The van der Waals surface area contributed by atoms with Crippen LogP contribution in [0.25, 0.3) is 0 Å². The van der Waals surface area contributed by atoms with E-state index in [9.17, 15) is 4.39 Å². The van der Waals surface area contributed by atoms with Gasteiger partial charge in [-0.3, -0.25) is 9.98 Å². The smallest absolute Gasteiger partial charge is 0.164 e. The first-order valence-electron chi connectivity index (χ1n) is 5.25. The molecule has 0 spiro atoms. The summed E-state index contributed by atoms with van der Waals surface area (Å²) >= 11 is 5.96. The zero-order valence-corrected chi connectivity index (χ0v) is 10.4. The largest absolute Gasteiger partial charge is 0.396 e. The molecule has 2 N–H and O–H groups in total. The quantitative estimate of drug-likeness (QED) is 0.855. The normalized spacial score (nSPS) is 10.6. The molecule has 0 aliphatic heterocycles. The Morgan fingerprint density at radius 3 is 2.95 bits per heavy atom. The second-order valence-corrected chi connectivity index (χ2v) is 4.04. The zero-order valence-electron chi connectivity index (χ0n) is 9.64. The summed E-state index contributed by atoms with van der Waals surface area (Å²) in [5.74, 6) is -0.622. The molecule has 0 aliphatic carbocycles. The molecule has 0 bridgehead atoms. The van der Waals surface area contributed by atoms with Gasteiger partial charge in [-0.2, -0.15) is 5.26 Å². The number of hydrogen-bond acceptors (Lipinski definition) is 4. The van der Waals surface area contributed by atoms with Crippen molar-refractivity contribution in [2.24, 2.45) is 4.99 Å². The lowest BCUT2D eigenvalue weighted by Gasteiger charge is -2.02. The van der Waals surface area contributed by atoms with Gasteiger partial charge in [0.25, 0.3) is 0 Å². The Labute approximate surface area is 114 Å². The number of benzene rings is 1. The maximum atomic E-state index is 13.2. The van der Waals surface area contributed by atoms with E-state index in [1.165, 1.54) is 12.4 Å². The number of aliphatic imine (C=N–C) groups is 1. The van der Waals surface area contributed by atoms with E-state index in [4.69, 9.17) is 22.6 Å². The van der Waals surface area contributed by atoms with Crippen LogP contribution in [-0.2, 0) is 0 Å². The van der Waals surface area contributed by atoms with Crippen molar-refractivity contribution in [1.29, 1.82) is 5.26 Å². The van der Waals surface area contributed by atoms with Gasteiger partial charge in [-0.25, -0.2) is 4.39 Å². The molecule has 0 atom stereocenters. The molecule has 1 aromatic carbocycles. The highest BCUT2D eigenvalue weighted by Crippen LogP contribution is 2.28. The van der Waals surface area contributed by atoms with Gasteiger partial charge in [-0.1, -0.05) is 17.7 Å². The molecule has 2 rings (SSSR count). The summed E-state index contributed by atoms with van der Waals surface area (Å²) in [5.41, 5.74) is 6.46. The highest BCUT2D eigenvalue weighted by atomic mass is 35.5. The molecule has 4 nitrogen and oxygen atoms in total. The lowest BCUT2D eigenvalue weighted by molar-refractivity contribution is 0.626. The van der Waals surface area contributed by atoms with Gasteiger partial charge in [-0.05, 0) is 12.1 Å². The van der Waals surface area contributed by atoms with Gasteiger partial charge in [0, 0.05) is 18.0 Å². The van der Waals surface area contributed by atoms with Crippen molar-refractivity contribution in [3.05, 3.63) is 52.6 Å². The van der Waals surface area contributed by atoms with Crippen LogP contribution < -0.4 is 5.73 Å². The molecule has 0 saturated carbocycles. The zero-order chi connectivity index (χ0) is 13.8. The van der Waals surface area contributed by atoms with E-state index in [-0.39, 0.29) is 5.69 Å². The fourth-order valence-corrected chi connectivity index (χ4v) is 1.66. The minimum absolute atomic E-state index is 0.0516. The second-order valence-electron chi connectivity index (χ2n) is 3.63. The lowest BCUT2D eigenvalue weighted by Crippen LogP contribution is -1.98. The van der Waals surface area contributed by atoms with Crippen molar-refractivity contribution in [3.8, 4) is 6.07 Å². The Morgan fingerprint density at radius 2 is 2.21 bits per heavy atom. The average Bonchev–Trinajstić information content (AvgIpc) is 2.41. The van der Waals surface area contributed by atoms with Gasteiger partial charge in [-0.15, -0.1) is 0 Å². The molecule has 0 saturated heterocycles. The van der Waals surface area contributed by atoms with Crippen molar-refractivity contribution in [1.82, 2.24) is 4.98 Å². The number of hydrogen-bond donors (Lipinski definition) is 1. The maximum Gasteiger partial charge on any atom is 0.164 e. The van der Waals surface area contributed by atoms with Crippen molar-refractivity contribution >= 4 is 29.2 Å². The molecule has 6 heteroatoms. The molecular formula is C13H8ClFN4. The predicted octanol–water partition coefficient (Wildman–Crippen LogP) is 3.08. The van der Waals surface area contributed by atoms with Crippen LogP contribution in [0.2, 0.25) is 5.02 Å². The lowest BCUT2D eigenvalue weighted by atomic mass is 10.2. The Morgan fingerprint density at radius 1 is 1.42 bits per heavy atom. The van der Waals surface area contributed by atoms with Crippen LogP contribution in [0, 0.1) is 17.1 Å². The van der Waals surface area contributed by atoms with Gasteiger partial charge in [0.2, 0.25) is 0 Å². The van der Waals surface area contributed by atoms with Crippen LogP contribution in [0.5, 0.6) is 0 Å². The standard InChI is InChI=1S/C13H8ClFN4/c14-10-3-1-2-8(4-16)13(10)19-6-9-5-18-7-11(15)12(9)17/h1-3,5-7H,(H2,17,18). The van der Waals surface area contributed by atoms with E-state index in [1.807, 2.05) is 6.07 Å². The maximum absolute atomic E-state index is 13.2. The summed E-state index contributed by atoms with van der Waals surface area (Å²) in [7, 11) is 0. The number of nitrogen functional groups attached to an aromatic ring is 1. The summed E-state index contributed by atoms with van der Waals surface area (Å²) in [4.78, 5) is 7.76. The Hall–Kier alpha value is -2.45. The Balaban J connectivity index is 2.44. The molecule has 19 heavy (non-hydrogen) atoms. The van der Waals surface area contributed by atoms with Crippen LogP contribution in [0.1, 0.15) is 11.1 Å². The summed E-state index contributed by atoms with van der Waals surface area (Å²) < 4.78 is 13.2. The summed E-state index contributed by atoms with van der Waals surface area (Å²) in [6, 6.07) is 6.83.